The molecule has 2 rings (SSSR count). The summed E-state index contributed by atoms with van der Waals surface area (Å²) in [7, 11) is 0. The molecule has 1 aromatic carbocycles. The number of ketones is 1. The highest BCUT2D eigenvalue weighted by Crippen LogP contribution is 2.31. The second-order valence-corrected chi connectivity index (χ2v) is 8.68. The zero-order chi connectivity index (χ0) is 18.3. The number of alkyl carbamates (subject to hydrolysis) is 1. The zero-order valence-electron chi connectivity index (χ0n) is 15.5. The Balaban J connectivity index is 1.77. The number of ether oxygens (including phenoxy) is 1. The minimum absolute atomic E-state index is 0.0411. The van der Waals surface area contributed by atoms with Crippen LogP contribution in [0.4, 0.5) is 4.79 Å². The molecule has 1 N–H and O–H groups in total. The van der Waals surface area contributed by atoms with Crippen molar-refractivity contribution >= 4 is 23.6 Å². The largest absolute Gasteiger partial charge is 0.444 e. The van der Waals surface area contributed by atoms with Crippen molar-refractivity contribution in [1.29, 1.82) is 0 Å². The van der Waals surface area contributed by atoms with Crippen molar-refractivity contribution in [3.63, 3.8) is 0 Å². The molecule has 1 fully saturated rings. The molecule has 5 heteroatoms. The van der Waals surface area contributed by atoms with Crippen LogP contribution >= 0.6 is 11.8 Å². The van der Waals surface area contributed by atoms with Crippen LogP contribution in [0, 0.1) is 5.92 Å². The number of benzene rings is 1. The standard InChI is InChI=1S/C20H29NO3S/c1-20(2,3)24-19(23)21-12-11-18(22)16-9-6-10-17(13-16)25-14-15-7-4-5-8-15/h6,9-10,13,15H,4-5,7-8,11-12,14H2,1-3H3,(H,21,23). The fourth-order valence-electron chi connectivity index (χ4n) is 2.89. The molecule has 1 amide bonds. The van der Waals surface area contributed by atoms with Crippen LogP contribution in [0.2, 0.25) is 0 Å². The highest BCUT2D eigenvalue weighted by Gasteiger charge is 2.17. The summed E-state index contributed by atoms with van der Waals surface area (Å²) in [6, 6.07) is 7.81. The van der Waals surface area contributed by atoms with Crippen molar-refractivity contribution in [2.75, 3.05) is 12.3 Å². The van der Waals surface area contributed by atoms with Gasteiger partial charge < -0.3 is 10.1 Å². The van der Waals surface area contributed by atoms with E-state index in [4.69, 9.17) is 4.74 Å². The van der Waals surface area contributed by atoms with Gasteiger partial charge in [-0.2, -0.15) is 0 Å². The third kappa shape index (κ3) is 7.51. The summed E-state index contributed by atoms with van der Waals surface area (Å²) in [5, 5.41) is 2.63. The number of nitrogens with one attached hydrogen (secondary N) is 1. The molecule has 0 saturated heterocycles. The van der Waals surface area contributed by atoms with Gasteiger partial charge in [0.05, 0.1) is 0 Å². The number of carbonyl (C=O) groups is 2. The lowest BCUT2D eigenvalue weighted by molar-refractivity contribution is 0.0527. The molecule has 1 aromatic rings. The van der Waals surface area contributed by atoms with Gasteiger partial charge in [0.25, 0.3) is 0 Å². The first-order chi connectivity index (χ1) is 11.8. The van der Waals surface area contributed by atoms with Gasteiger partial charge in [0.1, 0.15) is 5.60 Å². The average molecular weight is 364 g/mol. The maximum Gasteiger partial charge on any atom is 0.407 e. The summed E-state index contributed by atoms with van der Waals surface area (Å²) < 4.78 is 5.16. The van der Waals surface area contributed by atoms with Crippen molar-refractivity contribution < 1.29 is 14.3 Å². The van der Waals surface area contributed by atoms with E-state index in [2.05, 4.69) is 11.4 Å². The Kier molecular flexibility index (Phi) is 7.36. The smallest absolute Gasteiger partial charge is 0.407 e. The van der Waals surface area contributed by atoms with Crippen molar-refractivity contribution in [2.24, 2.45) is 5.92 Å². The second-order valence-electron chi connectivity index (χ2n) is 7.59. The van der Waals surface area contributed by atoms with Crippen LogP contribution in [0.15, 0.2) is 29.2 Å². The van der Waals surface area contributed by atoms with E-state index in [0.29, 0.717) is 5.56 Å². The van der Waals surface area contributed by atoms with Gasteiger partial charge in [-0.1, -0.05) is 25.0 Å². The lowest BCUT2D eigenvalue weighted by atomic mass is 10.1. The molecule has 138 valence electrons. The van der Waals surface area contributed by atoms with E-state index in [-0.39, 0.29) is 18.7 Å². The summed E-state index contributed by atoms with van der Waals surface area (Å²) in [6.45, 7) is 5.72. The Labute approximate surface area is 155 Å². The van der Waals surface area contributed by atoms with Crippen LogP contribution in [0.3, 0.4) is 0 Å². The van der Waals surface area contributed by atoms with E-state index < -0.39 is 11.7 Å². The highest BCUT2D eigenvalue weighted by molar-refractivity contribution is 7.99. The Morgan fingerprint density at radius 3 is 2.64 bits per heavy atom. The lowest BCUT2D eigenvalue weighted by Crippen LogP contribution is -2.33. The predicted octanol–water partition coefficient (Wildman–Crippen LogP) is 5.07. The normalized spacial score (nSPS) is 15.2. The third-order valence-corrected chi connectivity index (χ3v) is 5.36. The van der Waals surface area contributed by atoms with Gasteiger partial charge >= 0.3 is 6.09 Å². The van der Waals surface area contributed by atoms with Crippen molar-refractivity contribution in [1.82, 2.24) is 5.32 Å². The Morgan fingerprint density at radius 2 is 1.96 bits per heavy atom. The molecule has 0 spiro atoms. The molecule has 0 atom stereocenters. The number of carbonyl (C=O) groups excluding carboxylic acids is 2. The fraction of sp³-hybridized carbons (Fsp3) is 0.600. The van der Waals surface area contributed by atoms with E-state index >= 15 is 0 Å². The molecule has 1 aliphatic carbocycles. The molecule has 25 heavy (non-hydrogen) atoms. The summed E-state index contributed by atoms with van der Waals surface area (Å²) in [5.74, 6) is 2.00. The number of thioether (sulfide) groups is 1. The van der Waals surface area contributed by atoms with Gasteiger partial charge in [-0.3, -0.25) is 4.79 Å². The Morgan fingerprint density at radius 1 is 1.24 bits per heavy atom. The van der Waals surface area contributed by atoms with Gasteiger partial charge in [-0.05, 0) is 51.7 Å². The highest BCUT2D eigenvalue weighted by atomic mass is 32.2. The van der Waals surface area contributed by atoms with Crippen LogP contribution in [0.25, 0.3) is 0 Å². The second kappa shape index (κ2) is 9.27. The molecule has 0 unspecified atom stereocenters. The maximum atomic E-state index is 12.3. The predicted molar refractivity (Wildman–Crippen MR) is 102 cm³/mol. The first kappa shape index (κ1) is 19.8. The van der Waals surface area contributed by atoms with Crippen LogP contribution in [0.5, 0.6) is 0 Å². The topological polar surface area (TPSA) is 55.4 Å². The fourth-order valence-corrected chi connectivity index (χ4v) is 4.03. The van der Waals surface area contributed by atoms with E-state index in [0.717, 1.165) is 16.6 Å². The number of hydrogen-bond donors (Lipinski definition) is 1. The van der Waals surface area contributed by atoms with Gasteiger partial charge in [0.2, 0.25) is 0 Å². The number of Topliss-reactive ketones (excluding diaryl/α,β-unsaturated/α-hetero) is 1. The van der Waals surface area contributed by atoms with E-state index in [9.17, 15) is 9.59 Å². The van der Waals surface area contributed by atoms with Gasteiger partial charge in [0.15, 0.2) is 5.78 Å². The Hall–Kier alpha value is -1.49. The van der Waals surface area contributed by atoms with Crippen molar-refractivity contribution in [3.05, 3.63) is 29.8 Å². The van der Waals surface area contributed by atoms with Crippen LogP contribution in [0.1, 0.15) is 63.2 Å². The molecular weight excluding hydrogens is 334 g/mol. The monoisotopic (exact) mass is 363 g/mol. The van der Waals surface area contributed by atoms with Crippen LogP contribution in [-0.4, -0.2) is 29.8 Å². The van der Waals surface area contributed by atoms with Gasteiger partial charge in [0, 0.05) is 29.2 Å². The minimum Gasteiger partial charge on any atom is -0.444 e. The molecule has 0 heterocycles. The van der Waals surface area contributed by atoms with Crippen molar-refractivity contribution in [2.45, 2.75) is 63.4 Å². The number of rotatable bonds is 7. The summed E-state index contributed by atoms with van der Waals surface area (Å²) in [4.78, 5) is 25.1. The van der Waals surface area contributed by atoms with Gasteiger partial charge in [-0.25, -0.2) is 4.79 Å². The average Bonchev–Trinajstić information content (AvgIpc) is 3.05. The molecule has 1 aliphatic rings. The van der Waals surface area contributed by atoms with E-state index in [1.54, 1.807) is 0 Å². The van der Waals surface area contributed by atoms with E-state index in [1.807, 2.05) is 50.7 Å². The first-order valence-electron chi connectivity index (χ1n) is 9.06. The first-order valence-corrected chi connectivity index (χ1v) is 10.0. The number of hydrogen-bond acceptors (Lipinski definition) is 4. The van der Waals surface area contributed by atoms with Crippen LogP contribution in [-0.2, 0) is 4.74 Å². The molecule has 0 bridgehead atoms. The number of amides is 1. The molecular formula is C20H29NO3S. The minimum atomic E-state index is -0.529. The Bertz CT molecular complexity index is 589. The summed E-state index contributed by atoms with van der Waals surface area (Å²) >= 11 is 1.84. The molecule has 0 radical (unpaired) electrons. The summed E-state index contributed by atoms with van der Waals surface area (Å²) in [6.07, 6.45) is 5.17. The van der Waals surface area contributed by atoms with Gasteiger partial charge in [-0.15, -0.1) is 11.8 Å². The molecule has 1 saturated carbocycles. The van der Waals surface area contributed by atoms with E-state index in [1.165, 1.54) is 25.7 Å². The quantitative estimate of drug-likeness (QED) is 0.543. The van der Waals surface area contributed by atoms with Crippen molar-refractivity contribution in [3.8, 4) is 0 Å². The summed E-state index contributed by atoms with van der Waals surface area (Å²) in [5.41, 5.74) is 0.182. The third-order valence-electron chi connectivity index (χ3n) is 4.14. The lowest BCUT2D eigenvalue weighted by Gasteiger charge is -2.19. The molecule has 4 nitrogen and oxygen atoms in total. The molecule has 0 aliphatic heterocycles. The molecule has 0 aromatic heterocycles. The maximum absolute atomic E-state index is 12.3. The SMILES string of the molecule is CC(C)(C)OC(=O)NCCC(=O)c1cccc(SCC2CCCC2)c1. The van der Waals surface area contributed by atoms with Crippen LogP contribution < -0.4 is 5.32 Å². The zero-order valence-corrected chi connectivity index (χ0v) is 16.3.